The van der Waals surface area contributed by atoms with Gasteiger partial charge in [0.15, 0.2) is 11.3 Å². The van der Waals surface area contributed by atoms with E-state index in [1.165, 1.54) is 10.8 Å². The highest BCUT2D eigenvalue weighted by atomic mass is 31.2. The highest BCUT2D eigenvalue weighted by Crippen LogP contribution is 2.46. The van der Waals surface area contributed by atoms with Gasteiger partial charge in [-0.15, -0.1) is 0 Å². The maximum atomic E-state index is 14.3. The summed E-state index contributed by atoms with van der Waals surface area (Å²) >= 11 is 0. The first-order valence-electron chi connectivity index (χ1n) is 16.4. The van der Waals surface area contributed by atoms with Gasteiger partial charge < -0.3 is 43.6 Å². The number of benzene rings is 1. The first kappa shape index (κ1) is 36.4. The number of fused-ring (bicyclic) bond motifs is 5. The molecule has 19 heteroatoms. The third-order valence-corrected chi connectivity index (χ3v) is 10.2. The zero-order valence-corrected chi connectivity index (χ0v) is 28.6. The third kappa shape index (κ3) is 7.64. The van der Waals surface area contributed by atoms with E-state index in [4.69, 9.17) is 23.6 Å². The van der Waals surface area contributed by atoms with E-state index in [0.717, 1.165) is 12.1 Å². The zero-order valence-electron chi connectivity index (χ0n) is 27.7. The van der Waals surface area contributed by atoms with E-state index in [1.54, 1.807) is 11.8 Å². The van der Waals surface area contributed by atoms with Crippen LogP contribution in [-0.4, -0.2) is 80.1 Å². The van der Waals surface area contributed by atoms with E-state index >= 15 is 0 Å². The van der Waals surface area contributed by atoms with Crippen LogP contribution in [0.15, 0.2) is 34.3 Å². The van der Waals surface area contributed by atoms with E-state index in [2.05, 4.69) is 10.5 Å². The Morgan fingerprint density at radius 1 is 1.16 bits per heavy atom. The van der Waals surface area contributed by atoms with Crippen LogP contribution in [0.4, 0.5) is 13.6 Å². The molecule has 1 aromatic carbocycles. The average Bonchev–Trinajstić information content (AvgIpc) is 3.39. The first-order chi connectivity index (χ1) is 24.2. The van der Waals surface area contributed by atoms with Crippen molar-refractivity contribution in [1.29, 1.82) is 0 Å². The fourth-order valence-electron chi connectivity index (χ4n) is 7.13. The summed E-state index contributed by atoms with van der Waals surface area (Å²) < 4.78 is 61.4. The Morgan fingerprint density at radius 3 is 2.59 bits per heavy atom. The summed E-state index contributed by atoms with van der Waals surface area (Å²) in [7, 11) is -4.88. The van der Waals surface area contributed by atoms with E-state index in [1.807, 2.05) is 6.92 Å². The minimum Gasteiger partial charge on any atom is -0.451 e. The van der Waals surface area contributed by atoms with Gasteiger partial charge in [-0.1, -0.05) is 17.6 Å². The topological polar surface area (TPSA) is 205 Å². The monoisotopic (exact) mass is 738 g/mol. The van der Waals surface area contributed by atoms with E-state index in [9.17, 15) is 42.3 Å². The van der Waals surface area contributed by atoms with Gasteiger partial charge in [-0.05, 0) is 52.0 Å². The van der Waals surface area contributed by atoms with Crippen molar-refractivity contribution in [1.82, 2.24) is 14.8 Å². The summed E-state index contributed by atoms with van der Waals surface area (Å²) in [6.07, 6.45) is 0.868. The van der Waals surface area contributed by atoms with Crippen molar-refractivity contribution in [2.45, 2.75) is 95.2 Å². The molecule has 2 aromatic rings. The van der Waals surface area contributed by atoms with Crippen LogP contribution >= 0.6 is 7.82 Å². The van der Waals surface area contributed by atoms with E-state index in [-0.39, 0.29) is 36.7 Å². The van der Waals surface area contributed by atoms with Crippen LogP contribution in [-0.2, 0) is 29.9 Å². The van der Waals surface area contributed by atoms with Crippen molar-refractivity contribution in [3.63, 3.8) is 0 Å². The SMILES string of the molecule is CC1=NO[C@@]2(CC[C@H](C)N3C[C@H]2n2cc(C(=O)NCc4ccc(F)cc4F)c(=O)c(OCOC(=O)O[C@H]4CCCC[C@H]4OP(=O)(O)O)c2C3=O)C1. The van der Waals surface area contributed by atoms with Gasteiger partial charge in [0.25, 0.3) is 11.8 Å². The second-order valence-corrected chi connectivity index (χ2v) is 14.3. The molecule has 0 unspecified atom stereocenters. The Labute approximate surface area is 289 Å². The second kappa shape index (κ2) is 14.3. The van der Waals surface area contributed by atoms with Gasteiger partial charge >= 0.3 is 14.0 Å². The number of halogens is 2. The fraction of sp³-hybridized carbons (Fsp3) is 0.531. The molecule has 6 rings (SSSR count). The van der Waals surface area contributed by atoms with Crippen molar-refractivity contribution in [3.05, 3.63) is 63.1 Å². The number of pyridine rings is 1. The predicted octanol–water partition coefficient (Wildman–Crippen LogP) is 3.68. The summed E-state index contributed by atoms with van der Waals surface area (Å²) in [5.74, 6) is -3.87. The first-order valence-corrected chi connectivity index (χ1v) is 17.9. The van der Waals surface area contributed by atoms with Crippen LogP contribution in [0.25, 0.3) is 0 Å². The molecule has 4 heterocycles. The molecule has 3 aliphatic heterocycles. The lowest BCUT2D eigenvalue weighted by atomic mass is 9.84. The Kier molecular flexibility index (Phi) is 10.2. The number of carbonyl (C=O) groups is 3. The largest absolute Gasteiger partial charge is 0.511 e. The molecule has 3 N–H and O–H groups in total. The molecule has 1 spiro atoms. The maximum absolute atomic E-state index is 14.3. The van der Waals surface area contributed by atoms with E-state index in [0.29, 0.717) is 43.9 Å². The summed E-state index contributed by atoms with van der Waals surface area (Å²) in [6, 6.07) is 1.89. The number of aromatic nitrogens is 1. The van der Waals surface area contributed by atoms with Crippen molar-refractivity contribution in [2.75, 3.05) is 13.3 Å². The van der Waals surface area contributed by atoms with Gasteiger partial charge in [0.1, 0.15) is 29.4 Å². The maximum Gasteiger partial charge on any atom is 0.511 e. The number of ether oxygens (including phenoxy) is 3. The Morgan fingerprint density at radius 2 is 1.90 bits per heavy atom. The summed E-state index contributed by atoms with van der Waals surface area (Å²) in [5.41, 5.74) is -2.02. The van der Waals surface area contributed by atoms with Gasteiger partial charge in [0, 0.05) is 43.4 Å². The lowest BCUT2D eigenvalue weighted by Gasteiger charge is -2.42. The van der Waals surface area contributed by atoms with Crippen molar-refractivity contribution < 1.29 is 61.1 Å². The third-order valence-electron chi connectivity index (χ3n) is 9.67. The number of amides is 2. The predicted molar refractivity (Wildman–Crippen MR) is 171 cm³/mol. The Hall–Kier alpha value is -4.38. The van der Waals surface area contributed by atoms with Crippen LogP contribution in [0.5, 0.6) is 5.75 Å². The Bertz CT molecular complexity index is 1870. The molecular formula is C32H37F2N4O12P. The van der Waals surface area contributed by atoms with Crippen molar-refractivity contribution >= 4 is 31.5 Å². The number of oxime groups is 1. The molecule has 2 fully saturated rings. The van der Waals surface area contributed by atoms with Crippen LogP contribution < -0.4 is 15.5 Å². The molecule has 276 valence electrons. The molecule has 1 aromatic heterocycles. The summed E-state index contributed by atoms with van der Waals surface area (Å²) in [4.78, 5) is 80.3. The number of rotatable bonds is 9. The molecule has 1 saturated carbocycles. The summed E-state index contributed by atoms with van der Waals surface area (Å²) in [6.45, 7) is 2.45. The number of hydrogen-bond acceptors (Lipinski definition) is 11. The molecule has 1 aliphatic carbocycles. The molecule has 5 atom stereocenters. The number of carbonyl (C=O) groups excluding carboxylic acids is 3. The summed E-state index contributed by atoms with van der Waals surface area (Å²) in [5, 5.41) is 6.63. The molecule has 0 radical (unpaired) electrons. The quantitative estimate of drug-likeness (QED) is 0.192. The number of nitrogens with zero attached hydrogens (tertiary/aromatic N) is 3. The van der Waals surface area contributed by atoms with Crippen LogP contribution in [0.3, 0.4) is 0 Å². The van der Waals surface area contributed by atoms with Gasteiger partial charge in [0.05, 0.1) is 11.8 Å². The highest BCUT2D eigenvalue weighted by Gasteiger charge is 2.54. The van der Waals surface area contributed by atoms with Gasteiger partial charge in [0.2, 0.25) is 18.0 Å². The molecule has 51 heavy (non-hydrogen) atoms. The average molecular weight is 739 g/mol. The lowest BCUT2D eigenvalue weighted by molar-refractivity contribution is -0.0670. The fourth-order valence-corrected chi connectivity index (χ4v) is 7.72. The molecule has 2 bridgehead atoms. The van der Waals surface area contributed by atoms with Gasteiger partial charge in [-0.25, -0.2) is 18.1 Å². The van der Waals surface area contributed by atoms with Crippen LogP contribution in [0, 0.1) is 11.6 Å². The number of hydrogen-bond donors (Lipinski definition) is 3. The lowest BCUT2D eigenvalue weighted by Crippen LogP contribution is -2.52. The van der Waals surface area contributed by atoms with Gasteiger partial charge in [-0.3, -0.25) is 18.9 Å². The minimum absolute atomic E-state index is 0.0490. The normalized spacial score (nSPS) is 25.7. The highest BCUT2D eigenvalue weighted by molar-refractivity contribution is 7.46. The molecule has 4 aliphatic rings. The smallest absolute Gasteiger partial charge is 0.451 e. The minimum atomic E-state index is -4.88. The van der Waals surface area contributed by atoms with Crippen LogP contribution in [0.2, 0.25) is 0 Å². The second-order valence-electron chi connectivity index (χ2n) is 13.1. The zero-order chi connectivity index (χ0) is 36.7. The van der Waals surface area contributed by atoms with Gasteiger partial charge in [-0.2, -0.15) is 0 Å². The molecule has 2 amide bonds. The molecule has 1 saturated heterocycles. The Balaban J connectivity index is 1.31. The van der Waals surface area contributed by atoms with Crippen LogP contribution in [0.1, 0.15) is 91.2 Å². The molecular weight excluding hydrogens is 701 g/mol. The number of phosphoric ester groups is 1. The van der Waals surface area contributed by atoms with E-state index < -0.39 is 91.4 Å². The standard InChI is InChI=1S/C32H37F2N4O12P/c1-17-12-32(50-36-17)10-9-18(2)37-15-25(32)38-14-21(29(40)35-13-19-7-8-20(33)11-22(19)34)27(39)28(26(38)30(37)41)46-16-47-31(42)48-23-5-3-4-6-24(23)49-51(43,44)45/h7-8,11,14,18,23-25H,3-6,9-10,12-13,15-16H2,1-2H3,(H,35,40)(H2,43,44,45)/t18-,23-,24+,25+,32-/m0/s1. The molecule has 16 nitrogen and oxygen atoms in total. The number of nitrogens with one attached hydrogen (secondary N) is 1. The van der Waals surface area contributed by atoms with Crippen molar-refractivity contribution in [2.24, 2.45) is 5.16 Å². The number of phosphoric acid groups is 1. The van der Waals surface area contributed by atoms with Crippen molar-refractivity contribution in [3.8, 4) is 5.75 Å².